The van der Waals surface area contributed by atoms with E-state index in [0.717, 1.165) is 18.1 Å². The molecular formula is C25H32N2O. The average Bonchev–Trinajstić information content (AvgIpc) is 2.76. The van der Waals surface area contributed by atoms with Gasteiger partial charge >= 0.3 is 0 Å². The smallest absolute Gasteiger partial charge is 0.118 e. The largest absolute Gasteiger partial charge is 0.497 e. The zero-order valence-corrected chi connectivity index (χ0v) is 17.0. The van der Waals surface area contributed by atoms with Crippen LogP contribution in [0.1, 0.15) is 54.8 Å². The summed E-state index contributed by atoms with van der Waals surface area (Å²) in [5.74, 6) is 2.40. The lowest BCUT2D eigenvalue weighted by molar-refractivity contribution is 0.177. The second-order valence-corrected chi connectivity index (χ2v) is 8.34. The lowest BCUT2D eigenvalue weighted by Gasteiger charge is -2.34. The van der Waals surface area contributed by atoms with E-state index in [4.69, 9.17) is 9.72 Å². The molecule has 1 unspecified atom stereocenters. The van der Waals surface area contributed by atoms with Gasteiger partial charge in [0.1, 0.15) is 5.75 Å². The van der Waals surface area contributed by atoms with E-state index in [1.165, 1.54) is 68.6 Å². The topological polar surface area (TPSA) is 25.4 Å². The summed E-state index contributed by atoms with van der Waals surface area (Å²) >= 11 is 0. The first-order chi connectivity index (χ1) is 13.8. The second-order valence-electron chi connectivity index (χ2n) is 8.34. The van der Waals surface area contributed by atoms with Crippen molar-refractivity contribution in [2.45, 2.75) is 44.4 Å². The summed E-state index contributed by atoms with van der Waals surface area (Å²) in [6, 6.07) is 12.8. The molecule has 1 saturated heterocycles. The summed E-state index contributed by atoms with van der Waals surface area (Å²) in [5.41, 5.74) is 3.84. The van der Waals surface area contributed by atoms with Gasteiger partial charge in [-0.15, -0.1) is 0 Å². The third-order valence-corrected chi connectivity index (χ3v) is 6.31. The number of likely N-dealkylation sites (tertiary alicyclic amines) is 1. The summed E-state index contributed by atoms with van der Waals surface area (Å²) in [7, 11) is 1.70. The van der Waals surface area contributed by atoms with Crippen molar-refractivity contribution in [2.24, 2.45) is 5.92 Å². The molecule has 3 heteroatoms. The number of nitrogens with zero attached hydrogens (tertiary/aromatic N) is 2. The predicted molar refractivity (Wildman–Crippen MR) is 115 cm³/mol. The Morgan fingerprint density at radius 2 is 1.75 bits per heavy atom. The lowest BCUT2D eigenvalue weighted by atomic mass is 9.90. The normalized spacial score (nSPS) is 21.0. The summed E-state index contributed by atoms with van der Waals surface area (Å²) in [5, 5.41) is 0. The molecule has 1 atom stereocenters. The van der Waals surface area contributed by atoms with Crippen molar-refractivity contribution in [3.05, 3.63) is 71.6 Å². The number of allylic oxidation sites excluding steroid dienone is 2. The third-order valence-electron chi connectivity index (χ3n) is 6.31. The summed E-state index contributed by atoms with van der Waals surface area (Å²) < 4.78 is 5.23. The van der Waals surface area contributed by atoms with E-state index >= 15 is 0 Å². The fourth-order valence-corrected chi connectivity index (χ4v) is 4.56. The first-order valence-electron chi connectivity index (χ1n) is 10.8. The molecule has 0 amide bonds. The predicted octanol–water partition coefficient (Wildman–Crippen LogP) is 5.22. The number of rotatable bonds is 6. The lowest BCUT2D eigenvalue weighted by Crippen LogP contribution is -2.36. The molecule has 2 heterocycles. The van der Waals surface area contributed by atoms with Crippen LogP contribution in [0.3, 0.4) is 0 Å². The highest BCUT2D eigenvalue weighted by Gasteiger charge is 2.23. The van der Waals surface area contributed by atoms with Gasteiger partial charge in [0.05, 0.1) is 7.11 Å². The Bertz CT molecular complexity index is 758. The number of piperidine rings is 1. The Hall–Kier alpha value is -2.13. The van der Waals surface area contributed by atoms with Crippen molar-refractivity contribution < 1.29 is 4.74 Å². The van der Waals surface area contributed by atoms with Gasteiger partial charge in [-0.1, -0.05) is 30.4 Å². The Labute approximate surface area is 169 Å². The van der Waals surface area contributed by atoms with E-state index in [1.54, 1.807) is 7.11 Å². The Morgan fingerprint density at radius 1 is 0.964 bits per heavy atom. The fourth-order valence-electron chi connectivity index (χ4n) is 4.56. The van der Waals surface area contributed by atoms with Crippen molar-refractivity contribution in [3.63, 3.8) is 0 Å². The molecule has 2 aromatic rings. The van der Waals surface area contributed by atoms with E-state index in [9.17, 15) is 0 Å². The van der Waals surface area contributed by atoms with Gasteiger partial charge in [-0.2, -0.15) is 0 Å². The van der Waals surface area contributed by atoms with Gasteiger partial charge < -0.3 is 9.64 Å². The summed E-state index contributed by atoms with van der Waals surface area (Å²) in [4.78, 5) is 7.50. The monoisotopic (exact) mass is 376 g/mol. The number of methoxy groups -OCH3 is 1. The van der Waals surface area contributed by atoms with Crippen LogP contribution in [-0.2, 0) is 6.42 Å². The standard InChI is InChI=1S/C25H32N2O/c1-28-24-10-7-20(8-11-24)17-22-9-12-25(26-18-22)23-13-15-27(16-14-23)19-21-5-3-2-4-6-21/h2-3,7-12,18,21,23H,4-6,13-17,19H2,1H3. The minimum Gasteiger partial charge on any atom is -0.497 e. The van der Waals surface area contributed by atoms with Crippen molar-refractivity contribution in [1.29, 1.82) is 0 Å². The number of ether oxygens (including phenoxy) is 1. The number of hydrogen-bond acceptors (Lipinski definition) is 3. The van der Waals surface area contributed by atoms with Crippen molar-refractivity contribution >= 4 is 0 Å². The van der Waals surface area contributed by atoms with E-state index in [-0.39, 0.29) is 0 Å². The highest BCUT2D eigenvalue weighted by molar-refractivity contribution is 5.31. The van der Waals surface area contributed by atoms with Gasteiger partial charge in [0.2, 0.25) is 0 Å². The molecule has 1 aliphatic heterocycles. The minimum absolute atomic E-state index is 0.623. The van der Waals surface area contributed by atoms with Gasteiger partial charge in [-0.25, -0.2) is 0 Å². The van der Waals surface area contributed by atoms with Gasteiger partial charge in [0.25, 0.3) is 0 Å². The van der Waals surface area contributed by atoms with Crippen LogP contribution in [0, 0.1) is 5.92 Å². The molecule has 0 saturated carbocycles. The van der Waals surface area contributed by atoms with Crippen LogP contribution in [0.5, 0.6) is 5.75 Å². The average molecular weight is 377 g/mol. The molecule has 0 radical (unpaired) electrons. The minimum atomic E-state index is 0.623. The maximum atomic E-state index is 5.23. The van der Waals surface area contributed by atoms with Crippen LogP contribution in [0.15, 0.2) is 54.7 Å². The van der Waals surface area contributed by atoms with Crippen molar-refractivity contribution in [1.82, 2.24) is 9.88 Å². The molecule has 1 aliphatic carbocycles. The Balaban J connectivity index is 1.27. The van der Waals surface area contributed by atoms with E-state index in [0.29, 0.717) is 5.92 Å². The quantitative estimate of drug-likeness (QED) is 0.647. The first-order valence-corrected chi connectivity index (χ1v) is 10.8. The molecule has 148 valence electrons. The highest BCUT2D eigenvalue weighted by Crippen LogP contribution is 2.29. The maximum Gasteiger partial charge on any atom is 0.118 e. The summed E-state index contributed by atoms with van der Waals surface area (Å²) in [6.07, 6.45) is 14.1. The summed E-state index contributed by atoms with van der Waals surface area (Å²) in [6.45, 7) is 3.73. The zero-order chi connectivity index (χ0) is 19.2. The van der Waals surface area contributed by atoms with Crippen LogP contribution < -0.4 is 4.74 Å². The second kappa shape index (κ2) is 9.38. The fraction of sp³-hybridized carbons (Fsp3) is 0.480. The number of aromatic nitrogens is 1. The van der Waals surface area contributed by atoms with Crippen LogP contribution in [0.25, 0.3) is 0 Å². The van der Waals surface area contributed by atoms with Gasteiger partial charge in [0.15, 0.2) is 0 Å². The molecule has 3 nitrogen and oxygen atoms in total. The zero-order valence-electron chi connectivity index (χ0n) is 17.0. The number of pyridine rings is 1. The third kappa shape index (κ3) is 5.02. The van der Waals surface area contributed by atoms with E-state index in [2.05, 4.69) is 47.5 Å². The molecule has 0 N–H and O–H groups in total. The van der Waals surface area contributed by atoms with E-state index in [1.807, 2.05) is 12.1 Å². The maximum absolute atomic E-state index is 5.23. The Kier molecular flexibility index (Phi) is 6.43. The highest BCUT2D eigenvalue weighted by atomic mass is 16.5. The molecule has 0 spiro atoms. The number of benzene rings is 1. The van der Waals surface area contributed by atoms with E-state index < -0.39 is 0 Å². The van der Waals surface area contributed by atoms with Gasteiger partial charge in [-0.3, -0.25) is 4.98 Å². The molecular weight excluding hydrogens is 344 g/mol. The van der Waals surface area contributed by atoms with Crippen LogP contribution in [0.4, 0.5) is 0 Å². The van der Waals surface area contributed by atoms with Gasteiger partial charge in [0, 0.05) is 24.4 Å². The molecule has 0 bridgehead atoms. The van der Waals surface area contributed by atoms with Crippen LogP contribution in [-0.4, -0.2) is 36.6 Å². The SMILES string of the molecule is COc1ccc(Cc2ccc(C3CCN(CC4CC=CCC4)CC3)nc2)cc1. The first kappa shape index (κ1) is 19.2. The molecule has 4 rings (SSSR count). The number of hydrogen-bond donors (Lipinski definition) is 0. The van der Waals surface area contributed by atoms with Crippen LogP contribution >= 0.6 is 0 Å². The molecule has 1 aromatic carbocycles. The molecule has 28 heavy (non-hydrogen) atoms. The van der Waals surface area contributed by atoms with Gasteiger partial charge in [-0.05, 0) is 86.9 Å². The Morgan fingerprint density at radius 3 is 2.39 bits per heavy atom. The molecule has 1 fully saturated rings. The van der Waals surface area contributed by atoms with Crippen molar-refractivity contribution in [3.8, 4) is 5.75 Å². The van der Waals surface area contributed by atoms with Crippen molar-refractivity contribution in [2.75, 3.05) is 26.7 Å². The molecule has 2 aliphatic rings. The van der Waals surface area contributed by atoms with Crippen LogP contribution in [0.2, 0.25) is 0 Å². The molecule has 1 aromatic heterocycles.